The second-order valence-corrected chi connectivity index (χ2v) is 9.92. The molecule has 148 valence electrons. The molecule has 2 bridgehead atoms. The number of aliphatic hydroxyl groups is 2. The fraction of sp³-hybridized carbons (Fsp3) is 1.00. The molecule has 3 heterocycles. The van der Waals surface area contributed by atoms with Crippen LogP contribution in [-0.2, 0) is 9.47 Å². The molecule has 8 atom stereocenters. The van der Waals surface area contributed by atoms with Crippen LogP contribution in [0.1, 0.15) is 78.1 Å². The molecule has 0 spiro atoms. The van der Waals surface area contributed by atoms with Gasteiger partial charge in [-0.25, -0.2) is 0 Å². The summed E-state index contributed by atoms with van der Waals surface area (Å²) in [6.45, 7) is 4.43. The molecule has 2 N–H and O–H groups in total. The zero-order chi connectivity index (χ0) is 18.1. The Hall–Kier alpha value is -0.160. The highest BCUT2D eigenvalue weighted by atomic mass is 16.5. The first-order valence-corrected chi connectivity index (χ1v) is 11.3. The number of fused-ring (bicyclic) bond motifs is 5. The van der Waals surface area contributed by atoms with Crippen LogP contribution in [0.2, 0.25) is 0 Å². The van der Waals surface area contributed by atoms with Gasteiger partial charge in [0.05, 0.1) is 35.6 Å². The summed E-state index contributed by atoms with van der Waals surface area (Å²) in [6, 6.07) is 0. The Balaban J connectivity index is 1.55. The third-order valence-corrected chi connectivity index (χ3v) is 8.80. The first-order chi connectivity index (χ1) is 12.5. The molecule has 5 fully saturated rings. The van der Waals surface area contributed by atoms with Crippen LogP contribution in [0, 0.1) is 23.7 Å². The highest BCUT2D eigenvalue weighted by Gasteiger charge is 2.72. The number of ether oxygens (including phenoxy) is 2. The highest BCUT2D eigenvalue weighted by Crippen LogP contribution is 2.65. The lowest BCUT2D eigenvalue weighted by Gasteiger charge is -2.48. The Labute approximate surface area is 157 Å². The number of hydrogen-bond donors (Lipinski definition) is 2. The van der Waals surface area contributed by atoms with Crippen molar-refractivity contribution in [3.8, 4) is 0 Å². The van der Waals surface area contributed by atoms with Crippen LogP contribution in [0.25, 0.3) is 0 Å². The second-order valence-electron chi connectivity index (χ2n) is 9.92. The Bertz CT molecular complexity index is 490. The largest absolute Gasteiger partial charge is 0.389 e. The van der Waals surface area contributed by atoms with E-state index in [1.54, 1.807) is 0 Å². The summed E-state index contributed by atoms with van der Waals surface area (Å²) in [5, 5.41) is 23.3. The molecule has 0 aromatic rings. The molecular weight excluding hydrogens is 328 g/mol. The van der Waals surface area contributed by atoms with Crippen molar-refractivity contribution >= 4 is 0 Å². The van der Waals surface area contributed by atoms with Crippen molar-refractivity contribution in [1.82, 2.24) is 0 Å². The van der Waals surface area contributed by atoms with E-state index in [0.717, 1.165) is 64.2 Å². The van der Waals surface area contributed by atoms with Crippen molar-refractivity contribution in [2.45, 2.75) is 114 Å². The summed E-state index contributed by atoms with van der Waals surface area (Å²) in [5.41, 5.74) is -1.29. The molecule has 26 heavy (non-hydrogen) atoms. The highest BCUT2D eigenvalue weighted by molar-refractivity contribution is 5.20. The van der Waals surface area contributed by atoms with E-state index in [-0.39, 0.29) is 36.3 Å². The Morgan fingerprint density at radius 2 is 1.08 bits per heavy atom. The van der Waals surface area contributed by atoms with Gasteiger partial charge in [0.2, 0.25) is 0 Å². The van der Waals surface area contributed by atoms with Gasteiger partial charge in [0.1, 0.15) is 0 Å². The molecule has 3 saturated heterocycles. The Morgan fingerprint density at radius 3 is 1.42 bits per heavy atom. The summed E-state index contributed by atoms with van der Waals surface area (Å²) >= 11 is 0. The maximum atomic E-state index is 11.6. The average Bonchev–Trinajstić information content (AvgIpc) is 3.41. The first kappa shape index (κ1) is 17.9. The van der Waals surface area contributed by atoms with Crippen LogP contribution in [0.3, 0.4) is 0 Å². The molecule has 4 nitrogen and oxygen atoms in total. The molecule has 5 rings (SSSR count). The minimum atomic E-state index is -0.643. The van der Waals surface area contributed by atoms with Crippen LogP contribution in [0.5, 0.6) is 0 Å². The van der Waals surface area contributed by atoms with Gasteiger partial charge in [0, 0.05) is 23.7 Å². The van der Waals surface area contributed by atoms with Gasteiger partial charge in [0.15, 0.2) is 0 Å². The van der Waals surface area contributed by atoms with Gasteiger partial charge in [-0.2, -0.15) is 0 Å². The predicted molar refractivity (Wildman–Crippen MR) is 98.7 cm³/mol. The van der Waals surface area contributed by atoms with Crippen LogP contribution in [0.15, 0.2) is 0 Å². The van der Waals surface area contributed by atoms with E-state index in [1.807, 2.05) is 0 Å². The zero-order valence-corrected chi connectivity index (χ0v) is 16.4. The molecule has 2 saturated carbocycles. The second kappa shape index (κ2) is 6.17. The van der Waals surface area contributed by atoms with E-state index >= 15 is 0 Å². The molecular formula is C22H36O4. The summed E-state index contributed by atoms with van der Waals surface area (Å²) < 4.78 is 13.1. The van der Waals surface area contributed by atoms with E-state index in [1.165, 1.54) is 0 Å². The minimum absolute atomic E-state index is 0.0734. The number of hydrogen-bond acceptors (Lipinski definition) is 4. The smallest absolute Gasteiger partial charge is 0.0705 e. The molecule has 0 amide bonds. The van der Waals surface area contributed by atoms with Gasteiger partial charge < -0.3 is 19.7 Å². The molecule has 0 aromatic heterocycles. The molecule has 2 aliphatic carbocycles. The van der Waals surface area contributed by atoms with Crippen molar-refractivity contribution in [1.29, 1.82) is 0 Å². The molecule has 0 radical (unpaired) electrons. The number of rotatable bonds is 4. The van der Waals surface area contributed by atoms with E-state index in [9.17, 15) is 10.2 Å². The SMILES string of the molecule is CCC1OC(CC)C2C3OC(C12)C(C1(O)CCCC1)C3C1(O)CCCC1. The van der Waals surface area contributed by atoms with Gasteiger partial charge in [-0.15, -0.1) is 0 Å². The lowest BCUT2D eigenvalue weighted by molar-refractivity contribution is -0.123. The summed E-state index contributed by atoms with van der Waals surface area (Å²) in [4.78, 5) is 0. The normalized spacial score (nSPS) is 51.2. The van der Waals surface area contributed by atoms with Gasteiger partial charge in [-0.3, -0.25) is 0 Å². The quantitative estimate of drug-likeness (QED) is 0.802. The third-order valence-electron chi connectivity index (χ3n) is 8.80. The van der Waals surface area contributed by atoms with E-state index < -0.39 is 11.2 Å². The maximum absolute atomic E-state index is 11.6. The summed E-state index contributed by atoms with van der Waals surface area (Å²) in [7, 11) is 0. The first-order valence-electron chi connectivity index (χ1n) is 11.3. The zero-order valence-electron chi connectivity index (χ0n) is 16.4. The molecule has 0 aromatic carbocycles. The molecule has 5 aliphatic rings. The van der Waals surface area contributed by atoms with Crippen molar-refractivity contribution in [2.75, 3.05) is 0 Å². The van der Waals surface area contributed by atoms with E-state index in [0.29, 0.717) is 11.8 Å². The lowest BCUT2D eigenvalue weighted by atomic mass is 9.56. The lowest BCUT2D eigenvalue weighted by Crippen LogP contribution is -2.58. The third kappa shape index (κ3) is 2.28. The van der Waals surface area contributed by atoms with Crippen molar-refractivity contribution in [3.63, 3.8) is 0 Å². The average molecular weight is 365 g/mol. The van der Waals surface area contributed by atoms with Crippen molar-refractivity contribution in [2.24, 2.45) is 23.7 Å². The summed E-state index contributed by atoms with van der Waals surface area (Å²) in [6.07, 6.45) is 10.6. The minimum Gasteiger partial charge on any atom is -0.389 e. The van der Waals surface area contributed by atoms with Gasteiger partial charge in [0.25, 0.3) is 0 Å². The van der Waals surface area contributed by atoms with Crippen molar-refractivity contribution < 1.29 is 19.7 Å². The maximum Gasteiger partial charge on any atom is 0.0705 e. The Morgan fingerprint density at radius 1 is 0.692 bits per heavy atom. The van der Waals surface area contributed by atoms with Crippen molar-refractivity contribution in [3.05, 3.63) is 0 Å². The topological polar surface area (TPSA) is 58.9 Å². The molecule has 4 heteroatoms. The van der Waals surface area contributed by atoms with Crippen LogP contribution >= 0.6 is 0 Å². The van der Waals surface area contributed by atoms with Gasteiger partial charge in [-0.05, 0) is 38.5 Å². The van der Waals surface area contributed by atoms with E-state index in [2.05, 4.69) is 13.8 Å². The molecule has 3 aliphatic heterocycles. The summed E-state index contributed by atoms with van der Waals surface area (Å²) in [5.74, 6) is 0.997. The van der Waals surface area contributed by atoms with Gasteiger partial charge in [-0.1, -0.05) is 39.5 Å². The monoisotopic (exact) mass is 364 g/mol. The predicted octanol–water partition coefficient (Wildman–Crippen LogP) is 3.43. The van der Waals surface area contributed by atoms with Gasteiger partial charge >= 0.3 is 0 Å². The fourth-order valence-corrected chi connectivity index (χ4v) is 7.84. The Kier molecular flexibility index (Phi) is 4.25. The van der Waals surface area contributed by atoms with Crippen LogP contribution in [0.4, 0.5) is 0 Å². The standard InChI is InChI=1S/C22H36O4/c1-3-13-15-16(14(4-2)25-13)20-18(22(24)11-7-8-12-22)17(19(15)26-20)21(23)9-5-6-10-21/h13-20,23-24H,3-12H2,1-2H3. The molecule has 8 unspecified atom stereocenters. The van der Waals surface area contributed by atoms with Crippen LogP contribution in [-0.4, -0.2) is 45.8 Å². The van der Waals surface area contributed by atoms with E-state index in [4.69, 9.17) is 9.47 Å². The van der Waals surface area contributed by atoms with Crippen LogP contribution < -0.4 is 0 Å². The fourth-order valence-electron chi connectivity index (χ4n) is 7.84.